The lowest BCUT2D eigenvalue weighted by atomic mass is 10.1. The van der Waals surface area contributed by atoms with Gasteiger partial charge in [0.1, 0.15) is 11.9 Å². The van der Waals surface area contributed by atoms with Gasteiger partial charge in [-0.1, -0.05) is 30.3 Å². The molecule has 0 saturated heterocycles. The van der Waals surface area contributed by atoms with E-state index in [9.17, 15) is 9.18 Å². The van der Waals surface area contributed by atoms with E-state index in [1.807, 2.05) is 25.1 Å². The van der Waals surface area contributed by atoms with Crippen LogP contribution in [0.4, 0.5) is 10.1 Å². The van der Waals surface area contributed by atoms with Crippen LogP contribution < -0.4 is 10.6 Å². The summed E-state index contributed by atoms with van der Waals surface area (Å²) in [5.41, 5.74) is 2.00. The number of anilines is 1. The van der Waals surface area contributed by atoms with Crippen molar-refractivity contribution in [3.63, 3.8) is 0 Å². The molecule has 0 aromatic heterocycles. The van der Waals surface area contributed by atoms with Crippen LogP contribution in [0.25, 0.3) is 0 Å². The summed E-state index contributed by atoms with van der Waals surface area (Å²) in [6.07, 6.45) is 1.82. The Morgan fingerprint density at radius 3 is 2.35 bits per heavy atom. The molecule has 0 fully saturated rings. The van der Waals surface area contributed by atoms with Crippen molar-refractivity contribution in [2.45, 2.75) is 38.8 Å². The molecule has 0 aliphatic carbocycles. The molecule has 0 aliphatic rings. The maximum absolute atomic E-state index is 12.9. The Labute approximate surface area is 136 Å². The maximum atomic E-state index is 12.9. The molecule has 2 rings (SSSR count). The SMILES string of the molecule is C[C@H](Nc1ccc(F)cc1)C(=O)N[C@@H](C)CCc1ccccc1. The third-order valence-corrected chi connectivity index (χ3v) is 3.72. The van der Waals surface area contributed by atoms with Gasteiger partial charge in [-0.05, 0) is 56.5 Å². The number of amides is 1. The van der Waals surface area contributed by atoms with Crippen LogP contribution in [0, 0.1) is 5.82 Å². The van der Waals surface area contributed by atoms with Crippen molar-refractivity contribution < 1.29 is 9.18 Å². The fraction of sp³-hybridized carbons (Fsp3) is 0.316. The molecule has 0 saturated carbocycles. The van der Waals surface area contributed by atoms with Crippen molar-refractivity contribution in [1.29, 1.82) is 0 Å². The number of aryl methyl sites for hydroxylation is 1. The smallest absolute Gasteiger partial charge is 0.242 e. The van der Waals surface area contributed by atoms with Gasteiger partial charge in [-0.2, -0.15) is 0 Å². The minimum Gasteiger partial charge on any atom is -0.374 e. The molecule has 2 atom stereocenters. The zero-order valence-corrected chi connectivity index (χ0v) is 13.6. The van der Waals surface area contributed by atoms with Crippen LogP contribution in [-0.2, 0) is 11.2 Å². The Morgan fingerprint density at radius 1 is 1.04 bits per heavy atom. The predicted octanol–water partition coefficient (Wildman–Crippen LogP) is 3.76. The van der Waals surface area contributed by atoms with Gasteiger partial charge in [-0.15, -0.1) is 0 Å². The van der Waals surface area contributed by atoms with Gasteiger partial charge in [0.25, 0.3) is 0 Å². The van der Waals surface area contributed by atoms with Crippen LogP contribution in [0.2, 0.25) is 0 Å². The largest absolute Gasteiger partial charge is 0.374 e. The van der Waals surface area contributed by atoms with E-state index in [0.717, 1.165) is 18.5 Å². The van der Waals surface area contributed by atoms with E-state index in [2.05, 4.69) is 22.8 Å². The van der Waals surface area contributed by atoms with Crippen LogP contribution >= 0.6 is 0 Å². The average Bonchev–Trinajstić information content (AvgIpc) is 2.56. The third kappa shape index (κ3) is 5.74. The molecule has 0 aliphatic heterocycles. The van der Waals surface area contributed by atoms with Gasteiger partial charge in [-0.3, -0.25) is 4.79 Å². The molecule has 2 N–H and O–H groups in total. The van der Waals surface area contributed by atoms with Crippen LogP contribution in [0.15, 0.2) is 54.6 Å². The highest BCUT2D eigenvalue weighted by Crippen LogP contribution is 2.10. The fourth-order valence-corrected chi connectivity index (χ4v) is 2.33. The Bertz CT molecular complexity index is 613. The Balaban J connectivity index is 1.77. The van der Waals surface area contributed by atoms with Gasteiger partial charge in [-0.25, -0.2) is 4.39 Å². The molecule has 23 heavy (non-hydrogen) atoms. The van der Waals surface area contributed by atoms with Crippen molar-refractivity contribution in [2.75, 3.05) is 5.32 Å². The van der Waals surface area contributed by atoms with Crippen molar-refractivity contribution in [3.05, 3.63) is 66.0 Å². The molecule has 0 heterocycles. The highest BCUT2D eigenvalue weighted by molar-refractivity contribution is 5.84. The van der Waals surface area contributed by atoms with Gasteiger partial charge in [0.05, 0.1) is 0 Å². The predicted molar refractivity (Wildman–Crippen MR) is 91.9 cm³/mol. The molecule has 0 spiro atoms. The molecule has 1 amide bonds. The number of halogens is 1. The number of carbonyl (C=O) groups excluding carboxylic acids is 1. The van der Waals surface area contributed by atoms with Crippen molar-refractivity contribution in [1.82, 2.24) is 5.32 Å². The minimum absolute atomic E-state index is 0.0603. The van der Waals surface area contributed by atoms with E-state index >= 15 is 0 Å². The molecule has 0 radical (unpaired) electrons. The minimum atomic E-state index is -0.375. The monoisotopic (exact) mass is 314 g/mol. The number of benzene rings is 2. The van der Waals surface area contributed by atoms with Crippen molar-refractivity contribution in [2.24, 2.45) is 0 Å². The molecule has 122 valence electrons. The second kappa shape index (κ2) is 8.32. The molecular formula is C19H23FN2O. The van der Waals surface area contributed by atoms with Crippen molar-refractivity contribution >= 4 is 11.6 Å². The van der Waals surface area contributed by atoms with Gasteiger partial charge >= 0.3 is 0 Å². The number of hydrogen-bond donors (Lipinski definition) is 2. The Hall–Kier alpha value is -2.36. The summed E-state index contributed by atoms with van der Waals surface area (Å²) in [6.45, 7) is 3.80. The van der Waals surface area contributed by atoms with Crippen LogP contribution in [0.3, 0.4) is 0 Å². The second-order valence-corrected chi connectivity index (χ2v) is 5.81. The van der Waals surface area contributed by atoms with E-state index in [0.29, 0.717) is 0 Å². The Kier molecular flexibility index (Phi) is 6.15. The molecule has 2 aromatic carbocycles. The first-order valence-corrected chi connectivity index (χ1v) is 7.91. The highest BCUT2D eigenvalue weighted by Gasteiger charge is 2.15. The zero-order valence-electron chi connectivity index (χ0n) is 13.6. The fourth-order valence-electron chi connectivity index (χ4n) is 2.33. The number of carbonyl (C=O) groups is 1. The normalized spacial score (nSPS) is 13.2. The first-order valence-electron chi connectivity index (χ1n) is 7.91. The summed E-state index contributed by atoms with van der Waals surface area (Å²) in [5.74, 6) is -0.350. The first-order chi connectivity index (χ1) is 11.0. The van der Waals surface area contributed by atoms with Crippen LogP contribution in [-0.4, -0.2) is 18.0 Å². The lowest BCUT2D eigenvalue weighted by Crippen LogP contribution is -2.42. The molecular weight excluding hydrogens is 291 g/mol. The van der Waals surface area contributed by atoms with E-state index in [1.54, 1.807) is 19.1 Å². The van der Waals surface area contributed by atoms with E-state index < -0.39 is 0 Å². The molecule has 0 unspecified atom stereocenters. The van der Waals surface area contributed by atoms with Gasteiger partial charge < -0.3 is 10.6 Å². The first kappa shape index (κ1) is 17.0. The van der Waals surface area contributed by atoms with Gasteiger partial charge in [0.2, 0.25) is 5.91 Å². The third-order valence-electron chi connectivity index (χ3n) is 3.72. The average molecular weight is 314 g/mol. The topological polar surface area (TPSA) is 41.1 Å². The molecule has 3 nitrogen and oxygen atoms in total. The Morgan fingerprint density at radius 2 is 1.70 bits per heavy atom. The summed E-state index contributed by atoms with van der Waals surface area (Å²) in [6, 6.07) is 15.9. The van der Waals surface area contributed by atoms with Gasteiger partial charge in [0.15, 0.2) is 0 Å². The lowest BCUT2D eigenvalue weighted by molar-refractivity contribution is -0.122. The molecule has 0 bridgehead atoms. The summed E-state index contributed by atoms with van der Waals surface area (Å²) in [7, 11) is 0. The van der Waals surface area contributed by atoms with Crippen LogP contribution in [0.5, 0.6) is 0 Å². The summed E-state index contributed by atoms with van der Waals surface area (Å²) in [4.78, 5) is 12.2. The number of nitrogens with one attached hydrogen (secondary N) is 2. The van der Waals surface area contributed by atoms with E-state index in [4.69, 9.17) is 0 Å². The summed E-state index contributed by atoms with van der Waals surface area (Å²) < 4.78 is 12.9. The zero-order chi connectivity index (χ0) is 16.7. The quantitative estimate of drug-likeness (QED) is 0.817. The maximum Gasteiger partial charge on any atom is 0.242 e. The second-order valence-electron chi connectivity index (χ2n) is 5.81. The van der Waals surface area contributed by atoms with Crippen molar-refractivity contribution in [3.8, 4) is 0 Å². The number of hydrogen-bond acceptors (Lipinski definition) is 2. The summed E-state index contributed by atoms with van der Waals surface area (Å²) >= 11 is 0. The molecule has 2 aromatic rings. The summed E-state index contributed by atoms with van der Waals surface area (Å²) in [5, 5.41) is 6.08. The van der Waals surface area contributed by atoms with Gasteiger partial charge in [0, 0.05) is 11.7 Å². The molecule has 4 heteroatoms. The van der Waals surface area contributed by atoms with Crippen LogP contribution in [0.1, 0.15) is 25.8 Å². The number of rotatable bonds is 7. The van der Waals surface area contributed by atoms with E-state index in [1.165, 1.54) is 17.7 Å². The lowest BCUT2D eigenvalue weighted by Gasteiger charge is -2.19. The highest BCUT2D eigenvalue weighted by atomic mass is 19.1. The standard InChI is InChI=1S/C19H23FN2O/c1-14(8-9-16-6-4-3-5-7-16)21-19(23)15(2)22-18-12-10-17(20)11-13-18/h3-7,10-15,22H,8-9H2,1-2H3,(H,21,23)/t14-,15-/m0/s1. The van der Waals surface area contributed by atoms with E-state index in [-0.39, 0.29) is 23.8 Å².